The average molecular weight is 374 g/mol. The molecule has 3 aromatic rings. The van der Waals surface area contributed by atoms with Crippen LogP contribution >= 0.6 is 0 Å². The average Bonchev–Trinajstić information content (AvgIpc) is 2.63. The van der Waals surface area contributed by atoms with E-state index in [0.29, 0.717) is 5.75 Å². The molecule has 0 saturated carbocycles. The molecule has 0 fully saturated rings. The van der Waals surface area contributed by atoms with E-state index >= 15 is 0 Å². The van der Waals surface area contributed by atoms with E-state index in [2.05, 4.69) is 95.0 Å². The Bertz CT molecular complexity index is 892. The van der Waals surface area contributed by atoms with Crippen LogP contribution < -0.4 is 4.90 Å². The number of phenols is 1. The van der Waals surface area contributed by atoms with Crippen molar-refractivity contribution in [2.75, 3.05) is 4.90 Å². The standard InChI is InChI=1S/C26H31NO/c1-25(2,3)23-21(17-18-22(28)24(23)26(4,5)6)27(19-13-9-7-10-14-19)20-15-11-8-12-16-20/h7-18,28H,1-6H3. The lowest BCUT2D eigenvalue weighted by atomic mass is 9.73. The Morgan fingerprint density at radius 3 is 1.39 bits per heavy atom. The molecule has 0 saturated heterocycles. The summed E-state index contributed by atoms with van der Waals surface area (Å²) in [6.45, 7) is 13.1. The van der Waals surface area contributed by atoms with E-state index in [4.69, 9.17) is 0 Å². The van der Waals surface area contributed by atoms with Gasteiger partial charge in [-0.1, -0.05) is 77.9 Å². The lowest BCUT2D eigenvalue weighted by Gasteiger charge is -2.37. The monoisotopic (exact) mass is 373 g/mol. The van der Waals surface area contributed by atoms with Crippen molar-refractivity contribution < 1.29 is 5.11 Å². The molecule has 1 N–H and O–H groups in total. The van der Waals surface area contributed by atoms with Crippen molar-refractivity contribution in [2.45, 2.75) is 52.4 Å². The highest BCUT2D eigenvalue weighted by molar-refractivity contribution is 5.81. The zero-order valence-corrected chi connectivity index (χ0v) is 17.8. The first-order chi connectivity index (χ1) is 13.1. The summed E-state index contributed by atoms with van der Waals surface area (Å²) < 4.78 is 0. The Morgan fingerprint density at radius 2 is 1.00 bits per heavy atom. The van der Waals surface area contributed by atoms with Gasteiger partial charge in [-0.15, -0.1) is 0 Å². The molecule has 3 aromatic carbocycles. The fourth-order valence-corrected chi connectivity index (χ4v) is 3.87. The zero-order valence-electron chi connectivity index (χ0n) is 17.8. The molecule has 28 heavy (non-hydrogen) atoms. The molecule has 146 valence electrons. The minimum atomic E-state index is -0.179. The SMILES string of the molecule is CC(C)(C)c1c(O)ccc(N(c2ccccc2)c2ccccc2)c1C(C)(C)C. The van der Waals surface area contributed by atoms with Crippen molar-refractivity contribution in [2.24, 2.45) is 0 Å². The van der Waals surface area contributed by atoms with Crippen LogP contribution in [-0.4, -0.2) is 5.11 Å². The van der Waals surface area contributed by atoms with Crippen LogP contribution in [-0.2, 0) is 10.8 Å². The predicted octanol–water partition coefficient (Wildman–Crippen LogP) is 7.46. The number of hydrogen-bond donors (Lipinski definition) is 1. The fraction of sp³-hybridized carbons (Fsp3) is 0.308. The molecule has 0 aliphatic heterocycles. The maximum Gasteiger partial charge on any atom is 0.119 e. The summed E-state index contributed by atoms with van der Waals surface area (Å²) in [5, 5.41) is 10.8. The summed E-state index contributed by atoms with van der Waals surface area (Å²) in [7, 11) is 0. The van der Waals surface area contributed by atoms with Crippen molar-refractivity contribution in [1.82, 2.24) is 0 Å². The van der Waals surface area contributed by atoms with E-state index in [1.54, 1.807) is 0 Å². The molecule has 0 amide bonds. The van der Waals surface area contributed by atoms with Crippen LogP contribution in [0.2, 0.25) is 0 Å². The zero-order chi connectivity index (χ0) is 20.5. The van der Waals surface area contributed by atoms with Crippen LogP contribution in [0.15, 0.2) is 72.8 Å². The molecule has 0 heterocycles. The fourth-order valence-electron chi connectivity index (χ4n) is 3.87. The number of aromatic hydroxyl groups is 1. The van der Waals surface area contributed by atoms with Crippen molar-refractivity contribution in [3.8, 4) is 5.75 Å². The summed E-state index contributed by atoms with van der Waals surface area (Å²) in [6.07, 6.45) is 0. The summed E-state index contributed by atoms with van der Waals surface area (Å²) in [6, 6.07) is 24.7. The molecule has 0 aromatic heterocycles. The van der Waals surface area contributed by atoms with E-state index < -0.39 is 0 Å². The number of hydrogen-bond acceptors (Lipinski definition) is 2. The smallest absolute Gasteiger partial charge is 0.119 e. The van der Waals surface area contributed by atoms with E-state index in [-0.39, 0.29) is 10.8 Å². The number of anilines is 3. The molecule has 0 aliphatic carbocycles. The van der Waals surface area contributed by atoms with Gasteiger partial charge in [0.15, 0.2) is 0 Å². The van der Waals surface area contributed by atoms with Gasteiger partial charge in [0.25, 0.3) is 0 Å². The Morgan fingerprint density at radius 1 is 0.571 bits per heavy atom. The van der Waals surface area contributed by atoms with Gasteiger partial charge in [0.05, 0.1) is 5.69 Å². The third-order valence-electron chi connectivity index (χ3n) is 4.93. The van der Waals surface area contributed by atoms with E-state index in [1.807, 2.05) is 24.3 Å². The summed E-state index contributed by atoms with van der Waals surface area (Å²) in [5.41, 5.74) is 5.17. The molecule has 0 unspecified atom stereocenters. The molecule has 0 bridgehead atoms. The van der Waals surface area contributed by atoms with Gasteiger partial charge in [0.2, 0.25) is 0 Å². The molecule has 2 heteroatoms. The normalized spacial score (nSPS) is 12.1. The maximum atomic E-state index is 10.8. The first kappa shape index (κ1) is 20.0. The highest BCUT2D eigenvalue weighted by atomic mass is 16.3. The van der Waals surface area contributed by atoms with Gasteiger partial charge >= 0.3 is 0 Å². The van der Waals surface area contributed by atoms with Gasteiger partial charge in [-0.2, -0.15) is 0 Å². The van der Waals surface area contributed by atoms with Crippen LogP contribution in [0.4, 0.5) is 17.1 Å². The number of rotatable bonds is 3. The second-order valence-electron chi connectivity index (χ2n) is 9.36. The predicted molar refractivity (Wildman–Crippen MR) is 120 cm³/mol. The third kappa shape index (κ3) is 3.91. The maximum absolute atomic E-state index is 10.8. The van der Waals surface area contributed by atoms with Crippen molar-refractivity contribution >= 4 is 17.1 Å². The number of phenolic OH excluding ortho intramolecular Hbond substituents is 1. The minimum Gasteiger partial charge on any atom is -0.508 e. The first-order valence-corrected chi connectivity index (χ1v) is 9.88. The first-order valence-electron chi connectivity index (χ1n) is 9.88. The molecule has 0 atom stereocenters. The number of benzene rings is 3. The Hall–Kier alpha value is -2.74. The molecular formula is C26H31NO. The number of para-hydroxylation sites is 2. The topological polar surface area (TPSA) is 23.5 Å². The van der Waals surface area contributed by atoms with E-state index in [1.165, 1.54) is 5.56 Å². The molecule has 3 rings (SSSR count). The van der Waals surface area contributed by atoms with Crippen LogP contribution in [0.3, 0.4) is 0 Å². The lowest BCUT2D eigenvalue weighted by Crippen LogP contribution is -2.26. The Balaban J connectivity index is 2.39. The molecule has 0 spiro atoms. The van der Waals surface area contributed by atoms with Crippen molar-refractivity contribution in [1.29, 1.82) is 0 Å². The number of nitrogens with zero attached hydrogens (tertiary/aromatic N) is 1. The van der Waals surface area contributed by atoms with Gasteiger partial charge < -0.3 is 10.0 Å². The second kappa shape index (κ2) is 7.35. The van der Waals surface area contributed by atoms with Crippen LogP contribution in [0.1, 0.15) is 52.7 Å². The van der Waals surface area contributed by atoms with Crippen molar-refractivity contribution in [3.63, 3.8) is 0 Å². The van der Waals surface area contributed by atoms with E-state index in [0.717, 1.165) is 22.6 Å². The highest BCUT2D eigenvalue weighted by Crippen LogP contribution is 2.47. The summed E-state index contributed by atoms with van der Waals surface area (Å²) in [5.74, 6) is 0.363. The van der Waals surface area contributed by atoms with Crippen molar-refractivity contribution in [3.05, 3.63) is 83.9 Å². The lowest BCUT2D eigenvalue weighted by molar-refractivity contribution is 0.435. The largest absolute Gasteiger partial charge is 0.508 e. The second-order valence-corrected chi connectivity index (χ2v) is 9.36. The summed E-state index contributed by atoms with van der Waals surface area (Å²) >= 11 is 0. The molecule has 2 nitrogen and oxygen atoms in total. The summed E-state index contributed by atoms with van der Waals surface area (Å²) in [4.78, 5) is 2.29. The highest BCUT2D eigenvalue weighted by Gasteiger charge is 2.32. The van der Waals surface area contributed by atoms with Crippen LogP contribution in [0.5, 0.6) is 5.75 Å². The minimum absolute atomic E-state index is 0.140. The van der Waals surface area contributed by atoms with Gasteiger partial charge in [-0.3, -0.25) is 0 Å². The van der Waals surface area contributed by atoms with E-state index in [9.17, 15) is 5.11 Å². The molecular weight excluding hydrogens is 342 g/mol. The molecule has 0 radical (unpaired) electrons. The molecule has 0 aliphatic rings. The van der Waals surface area contributed by atoms with Gasteiger partial charge in [-0.25, -0.2) is 0 Å². The van der Waals surface area contributed by atoms with Crippen LogP contribution in [0.25, 0.3) is 0 Å². The quantitative estimate of drug-likeness (QED) is 0.515. The Kier molecular flexibility index (Phi) is 5.25. The van der Waals surface area contributed by atoms with Crippen LogP contribution in [0, 0.1) is 0 Å². The third-order valence-corrected chi connectivity index (χ3v) is 4.93. The van der Waals surface area contributed by atoms with Gasteiger partial charge in [0.1, 0.15) is 5.75 Å². The van der Waals surface area contributed by atoms with Gasteiger partial charge in [0, 0.05) is 16.9 Å². The van der Waals surface area contributed by atoms with Gasteiger partial charge in [-0.05, 0) is 52.8 Å². The Labute approximate surface area is 169 Å².